The minimum Gasteiger partial charge on any atom is -0.484 e. The van der Waals surface area contributed by atoms with Crippen LogP contribution in [-0.4, -0.2) is 44.8 Å². The van der Waals surface area contributed by atoms with Crippen LogP contribution in [0.25, 0.3) is 0 Å². The Morgan fingerprint density at radius 3 is 3.00 bits per heavy atom. The molecule has 2 heterocycles. The van der Waals surface area contributed by atoms with Gasteiger partial charge >= 0.3 is 0 Å². The number of amides is 1. The molecule has 6 heteroatoms. The van der Waals surface area contributed by atoms with Gasteiger partial charge < -0.3 is 14.2 Å². The van der Waals surface area contributed by atoms with Crippen LogP contribution in [0, 0.1) is 12.8 Å². The molecule has 2 aromatic rings. The van der Waals surface area contributed by atoms with E-state index in [0.29, 0.717) is 0 Å². The van der Waals surface area contributed by atoms with E-state index in [1.165, 1.54) is 12.8 Å². The Kier molecular flexibility index (Phi) is 5.41. The van der Waals surface area contributed by atoms with Gasteiger partial charge in [0, 0.05) is 25.6 Å². The van der Waals surface area contributed by atoms with Gasteiger partial charge in [-0.05, 0) is 62.6 Å². The molecule has 1 aromatic carbocycles. The van der Waals surface area contributed by atoms with Gasteiger partial charge in [-0.2, -0.15) is 0 Å². The van der Waals surface area contributed by atoms with Crippen LogP contribution in [0.5, 0.6) is 5.75 Å². The minimum absolute atomic E-state index is 0.0819. The zero-order chi connectivity index (χ0) is 18.6. The standard InChI is InChI=1S/C21H28N4O2/c1-16-4-2-6-19(12-16)27-14-21(26)25-11-3-5-18(25)9-10-20-23-22-15-24(20)13-17-7-8-17/h2,4,6,12,15,17-18H,3,5,7-11,13-14H2,1H3. The molecule has 0 spiro atoms. The molecule has 0 radical (unpaired) electrons. The number of hydrogen-bond acceptors (Lipinski definition) is 4. The van der Waals surface area contributed by atoms with Gasteiger partial charge in [0.15, 0.2) is 6.61 Å². The molecule has 2 fully saturated rings. The number of benzene rings is 1. The summed E-state index contributed by atoms with van der Waals surface area (Å²) in [5.41, 5.74) is 1.13. The van der Waals surface area contributed by atoms with E-state index in [-0.39, 0.29) is 18.6 Å². The maximum absolute atomic E-state index is 12.7. The molecule has 144 valence electrons. The van der Waals surface area contributed by atoms with E-state index < -0.39 is 0 Å². The van der Waals surface area contributed by atoms with E-state index >= 15 is 0 Å². The van der Waals surface area contributed by atoms with Gasteiger partial charge in [0.1, 0.15) is 17.9 Å². The lowest BCUT2D eigenvalue weighted by Crippen LogP contribution is -2.39. The molecule has 27 heavy (non-hydrogen) atoms. The Morgan fingerprint density at radius 1 is 1.30 bits per heavy atom. The molecule has 1 saturated carbocycles. The summed E-state index contributed by atoms with van der Waals surface area (Å²) in [6, 6.07) is 8.11. The summed E-state index contributed by atoms with van der Waals surface area (Å²) in [5.74, 6) is 2.70. The SMILES string of the molecule is Cc1cccc(OCC(=O)N2CCCC2CCc2nncn2CC2CC2)c1. The molecule has 0 N–H and O–H groups in total. The third-order valence-electron chi connectivity index (χ3n) is 5.60. The Balaban J connectivity index is 1.29. The molecule has 1 saturated heterocycles. The minimum atomic E-state index is 0.0819. The molecule has 1 amide bonds. The Hall–Kier alpha value is -2.37. The highest BCUT2D eigenvalue weighted by Crippen LogP contribution is 2.31. The lowest BCUT2D eigenvalue weighted by molar-refractivity contribution is -0.134. The quantitative estimate of drug-likeness (QED) is 0.719. The Morgan fingerprint density at radius 2 is 2.19 bits per heavy atom. The number of likely N-dealkylation sites (tertiary alicyclic amines) is 1. The van der Waals surface area contributed by atoms with Crippen LogP contribution in [0.15, 0.2) is 30.6 Å². The number of rotatable bonds is 8. The van der Waals surface area contributed by atoms with E-state index in [4.69, 9.17) is 4.74 Å². The van der Waals surface area contributed by atoms with Crippen molar-refractivity contribution in [3.8, 4) is 5.75 Å². The van der Waals surface area contributed by atoms with Crippen molar-refractivity contribution in [2.45, 2.75) is 58.0 Å². The van der Waals surface area contributed by atoms with E-state index in [9.17, 15) is 4.79 Å². The molecule has 1 aliphatic heterocycles. The van der Waals surface area contributed by atoms with Crippen molar-refractivity contribution in [2.75, 3.05) is 13.2 Å². The molecule has 2 aliphatic rings. The Labute approximate surface area is 160 Å². The first-order valence-electron chi connectivity index (χ1n) is 10.0. The van der Waals surface area contributed by atoms with Gasteiger partial charge in [-0.15, -0.1) is 10.2 Å². The smallest absolute Gasteiger partial charge is 0.260 e. The van der Waals surface area contributed by atoms with Crippen LogP contribution in [0.3, 0.4) is 0 Å². The first-order chi connectivity index (χ1) is 13.2. The number of nitrogens with zero attached hydrogens (tertiary/aromatic N) is 4. The first-order valence-corrected chi connectivity index (χ1v) is 10.0. The monoisotopic (exact) mass is 368 g/mol. The number of ether oxygens (including phenoxy) is 1. The fourth-order valence-corrected chi connectivity index (χ4v) is 3.90. The van der Waals surface area contributed by atoms with Crippen molar-refractivity contribution in [1.82, 2.24) is 19.7 Å². The molecular formula is C21H28N4O2. The van der Waals surface area contributed by atoms with Crippen LogP contribution >= 0.6 is 0 Å². The van der Waals surface area contributed by atoms with Gasteiger partial charge in [-0.1, -0.05) is 12.1 Å². The number of carbonyl (C=O) groups excluding carboxylic acids is 1. The summed E-state index contributed by atoms with van der Waals surface area (Å²) in [7, 11) is 0. The van der Waals surface area contributed by atoms with E-state index in [1.54, 1.807) is 0 Å². The van der Waals surface area contributed by atoms with E-state index in [0.717, 1.165) is 61.8 Å². The zero-order valence-electron chi connectivity index (χ0n) is 16.0. The van der Waals surface area contributed by atoms with Crippen LogP contribution in [-0.2, 0) is 17.8 Å². The summed E-state index contributed by atoms with van der Waals surface area (Å²) in [4.78, 5) is 14.7. The topological polar surface area (TPSA) is 60.2 Å². The van der Waals surface area contributed by atoms with Gasteiger partial charge in [0.2, 0.25) is 0 Å². The highest BCUT2D eigenvalue weighted by molar-refractivity contribution is 5.78. The molecule has 1 aromatic heterocycles. The highest BCUT2D eigenvalue weighted by atomic mass is 16.5. The third-order valence-corrected chi connectivity index (χ3v) is 5.60. The predicted octanol–water partition coefficient (Wildman–Crippen LogP) is 3.00. The van der Waals surface area contributed by atoms with Crippen LogP contribution in [0.2, 0.25) is 0 Å². The lowest BCUT2D eigenvalue weighted by atomic mass is 10.1. The number of hydrogen-bond donors (Lipinski definition) is 0. The molecular weight excluding hydrogens is 340 g/mol. The second-order valence-electron chi connectivity index (χ2n) is 7.87. The fraction of sp³-hybridized carbons (Fsp3) is 0.571. The predicted molar refractivity (Wildman–Crippen MR) is 102 cm³/mol. The molecule has 6 nitrogen and oxygen atoms in total. The van der Waals surface area contributed by atoms with E-state index in [1.807, 2.05) is 42.4 Å². The molecule has 1 atom stereocenters. The van der Waals surface area contributed by atoms with Crippen molar-refractivity contribution in [3.05, 3.63) is 42.0 Å². The van der Waals surface area contributed by atoms with Gasteiger partial charge in [0.25, 0.3) is 5.91 Å². The van der Waals surface area contributed by atoms with Crippen molar-refractivity contribution in [2.24, 2.45) is 5.92 Å². The number of carbonyl (C=O) groups is 1. The van der Waals surface area contributed by atoms with Crippen LogP contribution in [0.4, 0.5) is 0 Å². The highest BCUT2D eigenvalue weighted by Gasteiger charge is 2.29. The van der Waals surface area contributed by atoms with Crippen LogP contribution < -0.4 is 4.74 Å². The third kappa shape index (κ3) is 4.67. The summed E-state index contributed by atoms with van der Waals surface area (Å²) in [6.45, 7) is 4.00. The van der Waals surface area contributed by atoms with Crippen molar-refractivity contribution < 1.29 is 9.53 Å². The van der Waals surface area contributed by atoms with Gasteiger partial charge in [-0.3, -0.25) is 4.79 Å². The van der Waals surface area contributed by atoms with Crippen molar-refractivity contribution in [3.63, 3.8) is 0 Å². The Bertz CT molecular complexity index is 784. The van der Waals surface area contributed by atoms with Gasteiger partial charge in [-0.25, -0.2) is 0 Å². The summed E-state index contributed by atoms with van der Waals surface area (Å²) in [5, 5.41) is 8.38. The molecule has 1 unspecified atom stereocenters. The zero-order valence-corrected chi connectivity index (χ0v) is 16.0. The van der Waals surface area contributed by atoms with E-state index in [2.05, 4.69) is 14.8 Å². The molecule has 0 bridgehead atoms. The average molecular weight is 368 g/mol. The summed E-state index contributed by atoms with van der Waals surface area (Å²) < 4.78 is 7.91. The maximum Gasteiger partial charge on any atom is 0.260 e. The normalized spacial score (nSPS) is 19.4. The maximum atomic E-state index is 12.7. The largest absolute Gasteiger partial charge is 0.484 e. The second-order valence-corrected chi connectivity index (χ2v) is 7.87. The van der Waals surface area contributed by atoms with Gasteiger partial charge in [0.05, 0.1) is 0 Å². The summed E-state index contributed by atoms with van der Waals surface area (Å²) in [6.07, 6.45) is 8.44. The number of aryl methyl sites for hydroxylation is 2. The van der Waals surface area contributed by atoms with Crippen molar-refractivity contribution in [1.29, 1.82) is 0 Å². The summed E-state index contributed by atoms with van der Waals surface area (Å²) >= 11 is 0. The average Bonchev–Trinajstić information content (AvgIpc) is 3.16. The van der Waals surface area contributed by atoms with Crippen molar-refractivity contribution >= 4 is 5.91 Å². The molecule has 4 rings (SSSR count). The van der Waals surface area contributed by atoms with Crippen LogP contribution in [0.1, 0.15) is 43.5 Å². The lowest BCUT2D eigenvalue weighted by Gasteiger charge is -2.24. The number of aromatic nitrogens is 3. The molecule has 1 aliphatic carbocycles. The fourth-order valence-electron chi connectivity index (χ4n) is 3.90. The first kappa shape index (κ1) is 18.0. The second kappa shape index (κ2) is 8.11.